The van der Waals surface area contributed by atoms with Crippen molar-refractivity contribution >= 4 is 5.96 Å². The quantitative estimate of drug-likeness (QED) is 0.364. The fraction of sp³-hybridized carbons (Fsp3) is 0.500. The highest BCUT2D eigenvalue weighted by molar-refractivity contribution is 5.79. The molecule has 1 atom stereocenters. The van der Waals surface area contributed by atoms with E-state index in [4.69, 9.17) is 10.6 Å². The second kappa shape index (κ2) is 7.76. The average Bonchev–Trinajstić information content (AvgIpc) is 2.36. The molecule has 0 aliphatic heterocycles. The van der Waals surface area contributed by atoms with E-state index >= 15 is 0 Å². The van der Waals surface area contributed by atoms with Crippen LogP contribution in [-0.2, 0) is 11.3 Å². The number of rotatable bonds is 5. The van der Waals surface area contributed by atoms with E-state index < -0.39 is 0 Å². The Bertz CT molecular complexity index is 420. The maximum atomic E-state index is 5.54. The van der Waals surface area contributed by atoms with Gasteiger partial charge < -0.3 is 9.64 Å². The minimum Gasteiger partial charge on any atom is -0.382 e. The van der Waals surface area contributed by atoms with Crippen molar-refractivity contribution in [2.45, 2.75) is 26.4 Å². The summed E-state index contributed by atoms with van der Waals surface area (Å²) in [6.45, 7) is 5.40. The van der Waals surface area contributed by atoms with Crippen LogP contribution in [0.4, 0.5) is 0 Å². The maximum Gasteiger partial charge on any atom is 0.208 e. The summed E-state index contributed by atoms with van der Waals surface area (Å²) in [5, 5.41) is 0. The summed E-state index contributed by atoms with van der Waals surface area (Å²) in [5.41, 5.74) is 5.12. The molecule has 0 aromatic heterocycles. The first-order valence-electron chi connectivity index (χ1n) is 6.36. The molecular formula is C14H24N4O. The number of guanidine groups is 1. The van der Waals surface area contributed by atoms with Crippen LogP contribution in [0.25, 0.3) is 0 Å². The molecule has 5 nitrogen and oxygen atoms in total. The molecule has 0 saturated heterocycles. The Morgan fingerprint density at radius 3 is 2.84 bits per heavy atom. The van der Waals surface area contributed by atoms with Gasteiger partial charge in [0, 0.05) is 20.7 Å². The zero-order chi connectivity index (χ0) is 14.3. The van der Waals surface area contributed by atoms with Crippen LogP contribution in [-0.4, -0.2) is 37.7 Å². The standard InChI is InChI=1S/C14H24N4O/c1-11-6-5-7-13(8-11)9-18(3)14(17-15)16-12(2)10-19-4/h5-8,12H,9-10,15H2,1-4H3,(H,16,17). The molecular weight excluding hydrogens is 240 g/mol. The number of hydrazine groups is 1. The van der Waals surface area contributed by atoms with Crippen molar-refractivity contribution in [1.82, 2.24) is 10.3 Å². The third-order valence-corrected chi connectivity index (χ3v) is 2.74. The van der Waals surface area contributed by atoms with Gasteiger partial charge in [0.05, 0.1) is 12.6 Å². The molecule has 0 spiro atoms. The number of hydrogen-bond acceptors (Lipinski definition) is 3. The topological polar surface area (TPSA) is 62.9 Å². The number of nitrogens with two attached hydrogens (primary N) is 1. The van der Waals surface area contributed by atoms with Gasteiger partial charge in [0.1, 0.15) is 0 Å². The molecule has 0 saturated carbocycles. The lowest BCUT2D eigenvalue weighted by atomic mass is 10.1. The number of methoxy groups -OCH3 is 1. The van der Waals surface area contributed by atoms with Gasteiger partial charge in [0.15, 0.2) is 0 Å². The Kier molecular flexibility index (Phi) is 6.32. The van der Waals surface area contributed by atoms with Crippen LogP contribution in [0.5, 0.6) is 0 Å². The molecule has 3 N–H and O–H groups in total. The van der Waals surface area contributed by atoms with Crippen LogP contribution in [0.15, 0.2) is 29.3 Å². The van der Waals surface area contributed by atoms with Crippen molar-refractivity contribution in [3.05, 3.63) is 35.4 Å². The molecule has 0 fully saturated rings. The molecule has 1 aromatic carbocycles. The first kappa shape index (κ1) is 15.5. The Balaban J connectivity index is 2.71. The van der Waals surface area contributed by atoms with Crippen LogP contribution in [0.1, 0.15) is 18.1 Å². The predicted molar refractivity (Wildman–Crippen MR) is 78.7 cm³/mol. The van der Waals surface area contributed by atoms with Crippen LogP contribution < -0.4 is 11.3 Å². The Hall–Kier alpha value is -1.59. The predicted octanol–water partition coefficient (Wildman–Crippen LogP) is 1.28. The van der Waals surface area contributed by atoms with Crippen LogP contribution >= 0.6 is 0 Å². The van der Waals surface area contributed by atoms with E-state index in [1.165, 1.54) is 11.1 Å². The molecule has 1 aromatic rings. The summed E-state index contributed by atoms with van der Waals surface area (Å²) in [4.78, 5) is 6.47. The van der Waals surface area contributed by atoms with Gasteiger partial charge in [-0.15, -0.1) is 0 Å². The zero-order valence-corrected chi connectivity index (χ0v) is 12.2. The van der Waals surface area contributed by atoms with Gasteiger partial charge >= 0.3 is 0 Å². The fourth-order valence-electron chi connectivity index (χ4n) is 1.89. The molecule has 106 valence electrons. The van der Waals surface area contributed by atoms with Gasteiger partial charge in [0.25, 0.3) is 0 Å². The van der Waals surface area contributed by atoms with Gasteiger partial charge in [-0.3, -0.25) is 5.43 Å². The maximum absolute atomic E-state index is 5.54. The fourth-order valence-corrected chi connectivity index (χ4v) is 1.89. The molecule has 5 heteroatoms. The molecule has 0 amide bonds. The second-order valence-corrected chi connectivity index (χ2v) is 4.75. The normalized spacial score (nSPS) is 13.2. The Morgan fingerprint density at radius 1 is 1.53 bits per heavy atom. The molecule has 0 heterocycles. The molecule has 19 heavy (non-hydrogen) atoms. The monoisotopic (exact) mass is 264 g/mol. The minimum atomic E-state index is 0.0657. The largest absolute Gasteiger partial charge is 0.382 e. The highest BCUT2D eigenvalue weighted by Gasteiger charge is 2.08. The SMILES string of the molecule is COCC(C)N=C(NN)N(C)Cc1cccc(C)c1. The van der Waals surface area contributed by atoms with E-state index in [1.807, 2.05) is 18.9 Å². The van der Waals surface area contributed by atoms with Crippen molar-refractivity contribution in [2.24, 2.45) is 10.8 Å². The average molecular weight is 264 g/mol. The number of benzene rings is 1. The summed E-state index contributed by atoms with van der Waals surface area (Å²) < 4.78 is 5.07. The number of aryl methyl sites for hydroxylation is 1. The molecule has 0 bridgehead atoms. The van der Waals surface area contributed by atoms with Crippen molar-refractivity contribution in [1.29, 1.82) is 0 Å². The van der Waals surface area contributed by atoms with Crippen molar-refractivity contribution in [3.8, 4) is 0 Å². The highest BCUT2D eigenvalue weighted by Crippen LogP contribution is 2.07. The van der Waals surface area contributed by atoms with Crippen molar-refractivity contribution in [2.75, 3.05) is 20.8 Å². The number of ether oxygens (including phenoxy) is 1. The minimum absolute atomic E-state index is 0.0657. The summed E-state index contributed by atoms with van der Waals surface area (Å²) in [6.07, 6.45) is 0. The first-order chi connectivity index (χ1) is 9.06. The van der Waals surface area contributed by atoms with Gasteiger partial charge in [-0.2, -0.15) is 0 Å². The number of nitrogens with zero attached hydrogens (tertiary/aromatic N) is 2. The molecule has 1 rings (SSSR count). The first-order valence-corrected chi connectivity index (χ1v) is 6.36. The van der Waals surface area contributed by atoms with E-state index in [0.29, 0.717) is 12.6 Å². The molecule has 0 radical (unpaired) electrons. The third kappa shape index (κ3) is 5.28. The van der Waals surface area contributed by atoms with E-state index in [9.17, 15) is 0 Å². The summed E-state index contributed by atoms with van der Waals surface area (Å²) in [5.74, 6) is 6.20. The lowest BCUT2D eigenvalue weighted by Crippen LogP contribution is -2.43. The van der Waals surface area contributed by atoms with Gasteiger partial charge in [-0.05, 0) is 19.4 Å². The summed E-state index contributed by atoms with van der Waals surface area (Å²) in [6, 6.07) is 8.45. The summed E-state index contributed by atoms with van der Waals surface area (Å²) in [7, 11) is 3.62. The summed E-state index contributed by atoms with van der Waals surface area (Å²) >= 11 is 0. The number of hydrogen-bond donors (Lipinski definition) is 2. The number of nitrogens with one attached hydrogen (secondary N) is 1. The highest BCUT2D eigenvalue weighted by atomic mass is 16.5. The van der Waals surface area contributed by atoms with Crippen molar-refractivity contribution < 1.29 is 4.74 Å². The molecule has 0 aliphatic carbocycles. The lowest BCUT2D eigenvalue weighted by Gasteiger charge is -2.22. The number of aliphatic imine (C=N–C) groups is 1. The van der Waals surface area contributed by atoms with Gasteiger partial charge in [0.2, 0.25) is 5.96 Å². The zero-order valence-electron chi connectivity index (χ0n) is 12.2. The van der Waals surface area contributed by atoms with Crippen LogP contribution in [0.3, 0.4) is 0 Å². The molecule has 1 unspecified atom stereocenters. The van der Waals surface area contributed by atoms with Crippen molar-refractivity contribution in [3.63, 3.8) is 0 Å². The third-order valence-electron chi connectivity index (χ3n) is 2.74. The van der Waals surface area contributed by atoms with E-state index in [1.54, 1.807) is 7.11 Å². The van der Waals surface area contributed by atoms with Gasteiger partial charge in [-0.25, -0.2) is 10.8 Å². The van der Waals surface area contributed by atoms with E-state index in [-0.39, 0.29) is 6.04 Å². The van der Waals surface area contributed by atoms with Gasteiger partial charge in [-0.1, -0.05) is 29.8 Å². The van der Waals surface area contributed by atoms with E-state index in [0.717, 1.165) is 6.54 Å². The Morgan fingerprint density at radius 2 is 2.26 bits per heavy atom. The van der Waals surface area contributed by atoms with Crippen LogP contribution in [0.2, 0.25) is 0 Å². The van der Waals surface area contributed by atoms with Crippen LogP contribution in [0, 0.1) is 6.92 Å². The van der Waals surface area contributed by atoms with E-state index in [2.05, 4.69) is 41.6 Å². The lowest BCUT2D eigenvalue weighted by molar-refractivity contribution is 0.185. The Labute approximate surface area is 115 Å². The second-order valence-electron chi connectivity index (χ2n) is 4.75. The smallest absolute Gasteiger partial charge is 0.208 e. The molecule has 0 aliphatic rings.